The number of hydrogen-bond acceptors (Lipinski definition) is 4. The van der Waals surface area contributed by atoms with Gasteiger partial charge in [-0.1, -0.05) is 18.5 Å². The highest BCUT2D eigenvalue weighted by Crippen LogP contribution is 2.27. The zero-order chi connectivity index (χ0) is 15.0. The molecule has 20 heavy (non-hydrogen) atoms. The maximum Gasteiger partial charge on any atom is 0.232 e. The third-order valence-corrected chi connectivity index (χ3v) is 4.38. The number of unbranched alkanes of at least 4 members (excludes halogenated alkanes) is 1. The van der Waals surface area contributed by atoms with Gasteiger partial charge in [-0.2, -0.15) is 0 Å². The average Bonchev–Trinajstić information content (AvgIpc) is 2.40. The number of methoxy groups -OCH3 is 1. The molecular formula is C13H21ClN2O3S. The topological polar surface area (TPSA) is 67.4 Å². The zero-order valence-electron chi connectivity index (χ0n) is 11.8. The Labute approximate surface area is 125 Å². The standard InChI is InChI=1S/C13H21ClN2O3S/c1-3-15-8-4-5-9-20(17,18)16-11-6-7-12(14)13(10-11)19-2/h6-7,10,15-16H,3-5,8-9H2,1-2H3. The van der Waals surface area contributed by atoms with Crippen LogP contribution >= 0.6 is 11.6 Å². The third kappa shape index (κ3) is 5.98. The van der Waals surface area contributed by atoms with Crippen molar-refractivity contribution >= 4 is 27.3 Å². The number of ether oxygens (including phenoxy) is 1. The smallest absolute Gasteiger partial charge is 0.232 e. The first-order chi connectivity index (χ1) is 9.48. The van der Waals surface area contributed by atoms with Gasteiger partial charge < -0.3 is 10.1 Å². The van der Waals surface area contributed by atoms with E-state index in [2.05, 4.69) is 10.0 Å². The van der Waals surface area contributed by atoms with E-state index >= 15 is 0 Å². The number of rotatable bonds is 9. The molecule has 0 amide bonds. The molecule has 0 saturated carbocycles. The van der Waals surface area contributed by atoms with Crippen LogP contribution in [0.4, 0.5) is 5.69 Å². The van der Waals surface area contributed by atoms with Crippen LogP contribution in [0.5, 0.6) is 5.75 Å². The number of anilines is 1. The Morgan fingerprint density at radius 3 is 2.70 bits per heavy atom. The van der Waals surface area contributed by atoms with Crippen LogP contribution < -0.4 is 14.8 Å². The van der Waals surface area contributed by atoms with Crippen molar-refractivity contribution in [2.24, 2.45) is 0 Å². The maximum atomic E-state index is 11.9. The van der Waals surface area contributed by atoms with Crippen molar-refractivity contribution in [1.82, 2.24) is 5.32 Å². The van der Waals surface area contributed by atoms with E-state index in [0.29, 0.717) is 22.9 Å². The van der Waals surface area contributed by atoms with E-state index in [-0.39, 0.29) is 5.75 Å². The predicted octanol–water partition coefficient (Wildman–Crippen LogP) is 2.48. The van der Waals surface area contributed by atoms with Crippen LogP contribution in [0, 0.1) is 0 Å². The molecule has 0 unspecified atom stereocenters. The number of benzene rings is 1. The Bertz CT molecular complexity index is 520. The molecule has 114 valence electrons. The van der Waals surface area contributed by atoms with Crippen LogP contribution in [0.15, 0.2) is 18.2 Å². The lowest BCUT2D eigenvalue weighted by molar-refractivity contribution is 0.415. The van der Waals surface area contributed by atoms with Gasteiger partial charge in [0.15, 0.2) is 0 Å². The summed E-state index contributed by atoms with van der Waals surface area (Å²) in [4.78, 5) is 0. The Balaban J connectivity index is 2.53. The molecule has 5 nitrogen and oxygen atoms in total. The van der Waals surface area contributed by atoms with Gasteiger partial charge >= 0.3 is 0 Å². The van der Waals surface area contributed by atoms with E-state index in [9.17, 15) is 8.42 Å². The number of nitrogens with one attached hydrogen (secondary N) is 2. The third-order valence-electron chi connectivity index (χ3n) is 2.69. The van der Waals surface area contributed by atoms with Gasteiger partial charge in [-0.25, -0.2) is 8.42 Å². The second kappa shape index (κ2) is 8.34. The second-order valence-electron chi connectivity index (χ2n) is 4.33. The first-order valence-corrected chi connectivity index (χ1v) is 8.56. The molecule has 0 spiro atoms. The highest BCUT2D eigenvalue weighted by atomic mass is 35.5. The van der Waals surface area contributed by atoms with E-state index in [4.69, 9.17) is 16.3 Å². The fourth-order valence-corrected chi connectivity index (χ4v) is 3.04. The van der Waals surface area contributed by atoms with Crippen LogP contribution in [-0.4, -0.2) is 34.4 Å². The summed E-state index contributed by atoms with van der Waals surface area (Å²) in [6.07, 6.45) is 1.45. The Morgan fingerprint density at radius 2 is 2.05 bits per heavy atom. The van der Waals surface area contributed by atoms with Crippen LogP contribution in [0.3, 0.4) is 0 Å². The molecule has 1 aromatic rings. The molecule has 0 aliphatic heterocycles. The first kappa shape index (κ1) is 17.1. The molecule has 0 heterocycles. The van der Waals surface area contributed by atoms with E-state index in [1.807, 2.05) is 6.92 Å². The number of halogens is 1. The fraction of sp³-hybridized carbons (Fsp3) is 0.538. The van der Waals surface area contributed by atoms with E-state index in [0.717, 1.165) is 19.5 Å². The number of hydrogen-bond donors (Lipinski definition) is 2. The van der Waals surface area contributed by atoms with Gasteiger partial charge in [-0.15, -0.1) is 0 Å². The zero-order valence-corrected chi connectivity index (χ0v) is 13.4. The highest BCUT2D eigenvalue weighted by molar-refractivity contribution is 7.92. The largest absolute Gasteiger partial charge is 0.495 e. The second-order valence-corrected chi connectivity index (χ2v) is 6.58. The monoisotopic (exact) mass is 320 g/mol. The lowest BCUT2D eigenvalue weighted by Gasteiger charge is -2.10. The SMILES string of the molecule is CCNCCCCS(=O)(=O)Nc1ccc(Cl)c(OC)c1. The van der Waals surface area contributed by atoms with Crippen LogP contribution in [0.2, 0.25) is 5.02 Å². The summed E-state index contributed by atoms with van der Waals surface area (Å²) in [5.74, 6) is 0.544. The molecular weight excluding hydrogens is 300 g/mol. The first-order valence-electron chi connectivity index (χ1n) is 6.53. The maximum absolute atomic E-state index is 11.9. The van der Waals surface area contributed by atoms with Gasteiger partial charge in [0.25, 0.3) is 0 Å². The molecule has 7 heteroatoms. The minimum absolute atomic E-state index is 0.101. The summed E-state index contributed by atoms with van der Waals surface area (Å²) < 4.78 is 31.4. The molecule has 0 bridgehead atoms. The molecule has 1 aromatic carbocycles. The van der Waals surface area contributed by atoms with Crippen molar-refractivity contribution in [2.75, 3.05) is 30.7 Å². The van der Waals surface area contributed by atoms with Crippen molar-refractivity contribution in [1.29, 1.82) is 0 Å². The van der Waals surface area contributed by atoms with Crippen LogP contribution in [-0.2, 0) is 10.0 Å². The lowest BCUT2D eigenvalue weighted by Crippen LogP contribution is -2.19. The van der Waals surface area contributed by atoms with Gasteiger partial charge in [-0.3, -0.25) is 4.72 Å². The van der Waals surface area contributed by atoms with Gasteiger partial charge in [0, 0.05) is 6.07 Å². The molecule has 2 N–H and O–H groups in total. The van der Waals surface area contributed by atoms with Crippen molar-refractivity contribution < 1.29 is 13.2 Å². The molecule has 0 aliphatic carbocycles. The van der Waals surface area contributed by atoms with Crippen molar-refractivity contribution in [3.63, 3.8) is 0 Å². The Hall–Kier alpha value is -0.980. The van der Waals surface area contributed by atoms with Gasteiger partial charge in [0.2, 0.25) is 10.0 Å². The molecule has 0 aliphatic rings. The number of sulfonamides is 1. The van der Waals surface area contributed by atoms with Crippen molar-refractivity contribution in [2.45, 2.75) is 19.8 Å². The van der Waals surface area contributed by atoms with Crippen LogP contribution in [0.25, 0.3) is 0 Å². The summed E-state index contributed by atoms with van der Waals surface area (Å²) in [7, 11) is -1.85. The summed E-state index contributed by atoms with van der Waals surface area (Å²) in [6.45, 7) is 3.75. The molecule has 0 aromatic heterocycles. The van der Waals surface area contributed by atoms with E-state index in [1.165, 1.54) is 7.11 Å². The highest BCUT2D eigenvalue weighted by Gasteiger charge is 2.11. The quantitative estimate of drug-likeness (QED) is 0.686. The summed E-state index contributed by atoms with van der Waals surface area (Å²) in [6, 6.07) is 4.78. The Morgan fingerprint density at radius 1 is 1.30 bits per heavy atom. The minimum Gasteiger partial charge on any atom is -0.495 e. The van der Waals surface area contributed by atoms with Gasteiger partial charge in [0.1, 0.15) is 5.75 Å². The Kier molecular flexibility index (Phi) is 7.12. The fourth-order valence-electron chi connectivity index (χ4n) is 1.67. The van der Waals surface area contributed by atoms with Crippen LogP contribution in [0.1, 0.15) is 19.8 Å². The molecule has 0 atom stereocenters. The van der Waals surface area contributed by atoms with Crippen molar-refractivity contribution in [3.8, 4) is 5.75 Å². The van der Waals surface area contributed by atoms with Gasteiger partial charge in [-0.05, 0) is 38.1 Å². The molecule has 0 radical (unpaired) electrons. The lowest BCUT2D eigenvalue weighted by atomic mass is 10.3. The molecule has 0 fully saturated rings. The minimum atomic E-state index is -3.34. The van der Waals surface area contributed by atoms with Crippen molar-refractivity contribution in [3.05, 3.63) is 23.2 Å². The normalized spacial score (nSPS) is 11.3. The van der Waals surface area contributed by atoms with E-state index < -0.39 is 10.0 Å². The predicted molar refractivity (Wildman–Crippen MR) is 83.2 cm³/mol. The summed E-state index contributed by atoms with van der Waals surface area (Å²) >= 11 is 5.89. The summed E-state index contributed by atoms with van der Waals surface area (Å²) in [5.41, 5.74) is 0.456. The summed E-state index contributed by atoms with van der Waals surface area (Å²) in [5, 5.41) is 3.60. The molecule has 0 saturated heterocycles. The average molecular weight is 321 g/mol. The van der Waals surface area contributed by atoms with E-state index in [1.54, 1.807) is 18.2 Å². The molecule has 1 rings (SSSR count). The van der Waals surface area contributed by atoms with Gasteiger partial charge in [0.05, 0.1) is 23.6 Å².